The van der Waals surface area contributed by atoms with Gasteiger partial charge in [0.25, 0.3) is 0 Å². The summed E-state index contributed by atoms with van der Waals surface area (Å²) in [5, 5.41) is 1.14. The lowest BCUT2D eigenvalue weighted by molar-refractivity contribution is 1.33. The van der Waals surface area contributed by atoms with Gasteiger partial charge in [0.15, 0.2) is 0 Å². The van der Waals surface area contributed by atoms with Crippen LogP contribution in [0.4, 0.5) is 5.69 Å². The first kappa shape index (κ1) is 12.1. The fourth-order valence-corrected chi connectivity index (χ4v) is 3.09. The molecule has 0 aliphatic heterocycles. The molecule has 0 aliphatic rings. The minimum Gasteiger partial charge on any atom is -0.399 e. The zero-order valence-corrected chi connectivity index (χ0v) is 11.4. The minimum absolute atomic E-state index is 0.748. The standard InChI is InChI=1S/C16H14N2S/c1-11-3-2-4-13(9-11)19-16-7-8-18-15-10-12(17)5-6-14(15)16/h2-10H,17H2,1H3. The Labute approximate surface area is 116 Å². The Hall–Kier alpha value is -2.00. The molecule has 0 amide bonds. The number of rotatable bonds is 2. The zero-order valence-electron chi connectivity index (χ0n) is 10.6. The van der Waals surface area contributed by atoms with Crippen LogP contribution in [0.1, 0.15) is 5.56 Å². The maximum atomic E-state index is 5.80. The maximum Gasteiger partial charge on any atom is 0.0733 e. The molecule has 3 aromatic rings. The summed E-state index contributed by atoms with van der Waals surface area (Å²) in [7, 11) is 0. The van der Waals surface area contributed by atoms with Crippen LogP contribution in [0.15, 0.2) is 64.5 Å². The number of aromatic nitrogens is 1. The van der Waals surface area contributed by atoms with Crippen LogP contribution in [0.3, 0.4) is 0 Å². The van der Waals surface area contributed by atoms with Crippen molar-refractivity contribution in [1.29, 1.82) is 0 Å². The van der Waals surface area contributed by atoms with Gasteiger partial charge < -0.3 is 5.73 Å². The molecule has 0 atom stereocenters. The Bertz CT molecular complexity index is 738. The molecule has 1 heterocycles. The Kier molecular flexibility index (Phi) is 3.13. The molecule has 0 radical (unpaired) electrons. The molecule has 0 saturated carbocycles. The Morgan fingerprint density at radius 2 is 1.95 bits per heavy atom. The van der Waals surface area contributed by atoms with Crippen molar-refractivity contribution in [2.75, 3.05) is 5.73 Å². The van der Waals surface area contributed by atoms with E-state index in [0.29, 0.717) is 0 Å². The van der Waals surface area contributed by atoms with Gasteiger partial charge in [0, 0.05) is 27.1 Å². The van der Waals surface area contributed by atoms with E-state index in [1.807, 2.05) is 30.5 Å². The second-order valence-electron chi connectivity index (χ2n) is 4.50. The van der Waals surface area contributed by atoms with Crippen LogP contribution in [-0.4, -0.2) is 4.98 Å². The summed E-state index contributed by atoms with van der Waals surface area (Å²) in [4.78, 5) is 6.81. The molecular weight excluding hydrogens is 252 g/mol. The number of hydrogen-bond acceptors (Lipinski definition) is 3. The van der Waals surface area contributed by atoms with Gasteiger partial charge in [-0.1, -0.05) is 29.5 Å². The van der Waals surface area contributed by atoms with Crippen LogP contribution in [0.25, 0.3) is 10.9 Å². The monoisotopic (exact) mass is 266 g/mol. The zero-order chi connectivity index (χ0) is 13.2. The van der Waals surface area contributed by atoms with Crippen molar-refractivity contribution in [3.8, 4) is 0 Å². The second-order valence-corrected chi connectivity index (χ2v) is 5.62. The van der Waals surface area contributed by atoms with Crippen LogP contribution >= 0.6 is 11.8 Å². The van der Waals surface area contributed by atoms with Crippen molar-refractivity contribution in [3.63, 3.8) is 0 Å². The summed E-state index contributed by atoms with van der Waals surface area (Å²) in [6.45, 7) is 2.11. The average molecular weight is 266 g/mol. The number of anilines is 1. The van der Waals surface area contributed by atoms with Gasteiger partial charge in [0.2, 0.25) is 0 Å². The number of fused-ring (bicyclic) bond motifs is 1. The molecule has 3 rings (SSSR count). The Balaban J connectivity index is 2.06. The molecule has 3 heteroatoms. The molecule has 2 N–H and O–H groups in total. The highest BCUT2D eigenvalue weighted by molar-refractivity contribution is 7.99. The highest BCUT2D eigenvalue weighted by atomic mass is 32.2. The summed E-state index contributed by atoms with van der Waals surface area (Å²) in [6.07, 6.45) is 1.83. The predicted octanol–water partition coefficient (Wildman–Crippen LogP) is 4.28. The number of hydrogen-bond donors (Lipinski definition) is 1. The van der Waals surface area contributed by atoms with Gasteiger partial charge in [0.05, 0.1) is 5.52 Å². The lowest BCUT2D eigenvalue weighted by atomic mass is 10.2. The van der Waals surface area contributed by atoms with Crippen LogP contribution in [-0.2, 0) is 0 Å². The average Bonchev–Trinajstić information content (AvgIpc) is 2.38. The maximum absolute atomic E-state index is 5.80. The van der Waals surface area contributed by atoms with Crippen LogP contribution in [0.5, 0.6) is 0 Å². The summed E-state index contributed by atoms with van der Waals surface area (Å²) < 4.78 is 0. The topological polar surface area (TPSA) is 38.9 Å². The second kappa shape index (κ2) is 4.94. The summed E-state index contributed by atoms with van der Waals surface area (Å²) in [5.41, 5.74) is 8.76. The van der Waals surface area contributed by atoms with Gasteiger partial charge in [-0.3, -0.25) is 4.98 Å². The molecule has 2 aromatic carbocycles. The van der Waals surface area contributed by atoms with Gasteiger partial charge in [0.1, 0.15) is 0 Å². The number of nitrogen functional groups attached to an aromatic ring is 1. The molecule has 1 aromatic heterocycles. The first-order valence-corrected chi connectivity index (χ1v) is 6.93. The molecular formula is C16H14N2S. The number of nitrogens with two attached hydrogens (primary N) is 1. The van der Waals surface area contributed by atoms with Gasteiger partial charge in [-0.05, 0) is 43.3 Å². The van der Waals surface area contributed by atoms with E-state index in [9.17, 15) is 0 Å². The van der Waals surface area contributed by atoms with E-state index in [1.165, 1.54) is 15.4 Å². The first-order chi connectivity index (χ1) is 9.22. The minimum atomic E-state index is 0.748. The lowest BCUT2D eigenvalue weighted by Gasteiger charge is -2.07. The van der Waals surface area contributed by atoms with Crippen molar-refractivity contribution >= 4 is 28.4 Å². The summed E-state index contributed by atoms with van der Waals surface area (Å²) >= 11 is 1.76. The van der Waals surface area contributed by atoms with E-state index in [2.05, 4.69) is 36.2 Å². The fourth-order valence-electron chi connectivity index (χ4n) is 2.03. The number of pyridine rings is 1. The van der Waals surface area contributed by atoms with Gasteiger partial charge in [-0.15, -0.1) is 0 Å². The quantitative estimate of drug-likeness (QED) is 0.704. The Morgan fingerprint density at radius 1 is 1.05 bits per heavy atom. The van der Waals surface area contributed by atoms with E-state index < -0.39 is 0 Å². The molecule has 0 bridgehead atoms. The highest BCUT2D eigenvalue weighted by Crippen LogP contribution is 2.33. The molecule has 0 unspecified atom stereocenters. The summed E-state index contributed by atoms with van der Waals surface area (Å²) in [5.74, 6) is 0. The normalized spacial score (nSPS) is 10.8. The molecule has 0 spiro atoms. The number of aryl methyl sites for hydroxylation is 1. The van der Waals surface area contributed by atoms with E-state index in [1.54, 1.807) is 11.8 Å². The summed E-state index contributed by atoms with van der Waals surface area (Å²) in [6, 6.07) is 16.4. The van der Waals surface area contributed by atoms with Gasteiger partial charge in [-0.25, -0.2) is 0 Å². The smallest absolute Gasteiger partial charge is 0.0733 e. The van der Waals surface area contributed by atoms with Crippen molar-refractivity contribution in [3.05, 3.63) is 60.3 Å². The van der Waals surface area contributed by atoms with Crippen molar-refractivity contribution in [1.82, 2.24) is 4.98 Å². The third-order valence-electron chi connectivity index (χ3n) is 2.94. The van der Waals surface area contributed by atoms with E-state index in [-0.39, 0.29) is 0 Å². The molecule has 94 valence electrons. The van der Waals surface area contributed by atoms with Crippen LogP contribution in [0.2, 0.25) is 0 Å². The van der Waals surface area contributed by atoms with Crippen molar-refractivity contribution < 1.29 is 0 Å². The third kappa shape index (κ3) is 2.56. The molecule has 0 fully saturated rings. The fraction of sp³-hybridized carbons (Fsp3) is 0.0625. The van der Waals surface area contributed by atoms with Gasteiger partial charge in [-0.2, -0.15) is 0 Å². The lowest BCUT2D eigenvalue weighted by Crippen LogP contribution is -1.87. The van der Waals surface area contributed by atoms with Crippen molar-refractivity contribution in [2.45, 2.75) is 16.7 Å². The van der Waals surface area contributed by atoms with Crippen molar-refractivity contribution in [2.24, 2.45) is 0 Å². The van der Waals surface area contributed by atoms with Crippen LogP contribution < -0.4 is 5.73 Å². The largest absolute Gasteiger partial charge is 0.399 e. The SMILES string of the molecule is Cc1cccc(Sc2ccnc3cc(N)ccc23)c1. The van der Waals surface area contributed by atoms with Crippen LogP contribution in [0, 0.1) is 6.92 Å². The predicted molar refractivity (Wildman–Crippen MR) is 81.5 cm³/mol. The van der Waals surface area contributed by atoms with E-state index >= 15 is 0 Å². The van der Waals surface area contributed by atoms with E-state index in [0.717, 1.165) is 16.6 Å². The number of nitrogens with zero attached hydrogens (tertiary/aromatic N) is 1. The molecule has 19 heavy (non-hydrogen) atoms. The number of benzene rings is 2. The molecule has 2 nitrogen and oxygen atoms in total. The molecule has 0 aliphatic carbocycles. The third-order valence-corrected chi connectivity index (χ3v) is 4.01. The Morgan fingerprint density at radius 3 is 2.79 bits per heavy atom. The van der Waals surface area contributed by atoms with Gasteiger partial charge >= 0.3 is 0 Å². The first-order valence-electron chi connectivity index (χ1n) is 6.11. The van der Waals surface area contributed by atoms with E-state index in [4.69, 9.17) is 5.73 Å². The highest BCUT2D eigenvalue weighted by Gasteiger charge is 2.04. The molecule has 0 saturated heterocycles.